The molecule has 20 heteroatoms. The van der Waals surface area contributed by atoms with E-state index >= 15 is 4.39 Å². The molecule has 0 aliphatic carbocycles. The number of piperazine rings is 1. The predicted octanol–water partition coefficient (Wildman–Crippen LogP) is 5.86. The Hall–Kier alpha value is -6.89. The van der Waals surface area contributed by atoms with E-state index in [9.17, 15) is 27.6 Å². The molecule has 0 bridgehead atoms. The quantitative estimate of drug-likeness (QED) is 0.166. The lowest BCUT2D eigenvalue weighted by atomic mass is 10.2. The normalized spacial score (nSPS) is 13.3. The third-order valence-corrected chi connectivity index (χ3v) is 10.4. The molecule has 308 valence electrons. The number of amides is 2. The van der Waals surface area contributed by atoms with Gasteiger partial charge in [0.25, 0.3) is 11.5 Å². The van der Waals surface area contributed by atoms with E-state index in [4.69, 9.17) is 16.3 Å². The molecule has 1 fully saturated rings. The Morgan fingerprint density at radius 2 is 1.77 bits per heavy atom. The van der Waals surface area contributed by atoms with Crippen LogP contribution in [0.4, 0.5) is 28.9 Å². The smallest absolute Gasteiger partial charge is 0.416 e. The monoisotopic (exact) mass is 843 g/mol. The molecule has 8 rings (SSSR count). The van der Waals surface area contributed by atoms with E-state index in [0.717, 1.165) is 22.2 Å². The van der Waals surface area contributed by atoms with Crippen LogP contribution in [0.25, 0.3) is 22.7 Å². The number of hydrogen-bond donors (Lipinski definition) is 1. The zero-order chi connectivity index (χ0) is 42.3. The minimum Gasteiger partial charge on any atom is -0.485 e. The highest BCUT2D eigenvalue weighted by molar-refractivity contribution is 6.33. The third-order valence-electron chi connectivity index (χ3n) is 10.1. The Morgan fingerprint density at radius 1 is 1.00 bits per heavy atom. The molecule has 1 aliphatic heterocycles. The summed E-state index contributed by atoms with van der Waals surface area (Å²) >= 11 is 6.15. The number of hydrogen-bond acceptors (Lipinski definition) is 10. The fourth-order valence-corrected chi connectivity index (χ4v) is 7.33. The average molecular weight is 844 g/mol. The van der Waals surface area contributed by atoms with Crippen molar-refractivity contribution in [2.75, 3.05) is 36.4 Å². The van der Waals surface area contributed by atoms with Crippen molar-refractivity contribution in [1.29, 1.82) is 0 Å². The topological polar surface area (TPSA) is 157 Å². The van der Waals surface area contributed by atoms with E-state index in [-0.39, 0.29) is 95.6 Å². The van der Waals surface area contributed by atoms with Gasteiger partial charge in [-0.3, -0.25) is 14.4 Å². The number of aromatic nitrogens is 8. The lowest BCUT2D eigenvalue weighted by Crippen LogP contribution is -2.51. The fourth-order valence-electron chi connectivity index (χ4n) is 7.10. The Kier molecular flexibility index (Phi) is 10.7. The molecule has 5 aromatic heterocycles. The van der Waals surface area contributed by atoms with Gasteiger partial charge in [0.1, 0.15) is 30.7 Å². The SMILES string of the molecule is CCc1c(N2CCN(C(=O)c3ncnc(C)c3OCc3ccccc3)CC2)c(=O)n2nc(-c3ccn4nccc4c3F)nc2n1CC(=O)Nc1ccc(C(F)(F)F)cc1Cl. The van der Waals surface area contributed by atoms with Crippen molar-refractivity contribution in [3.63, 3.8) is 0 Å². The molecule has 1 N–H and O–H groups in total. The van der Waals surface area contributed by atoms with Gasteiger partial charge in [-0.2, -0.15) is 27.8 Å². The summed E-state index contributed by atoms with van der Waals surface area (Å²) in [5, 5.41) is 10.7. The second kappa shape index (κ2) is 16.0. The van der Waals surface area contributed by atoms with Gasteiger partial charge >= 0.3 is 6.18 Å². The van der Waals surface area contributed by atoms with Crippen molar-refractivity contribution in [3.8, 4) is 17.1 Å². The molecule has 0 atom stereocenters. The van der Waals surface area contributed by atoms with Crippen LogP contribution in [0.3, 0.4) is 0 Å². The first kappa shape index (κ1) is 39.9. The molecular weight excluding hydrogens is 810 g/mol. The van der Waals surface area contributed by atoms with Crippen LogP contribution < -0.4 is 20.5 Å². The van der Waals surface area contributed by atoms with Crippen molar-refractivity contribution in [2.45, 2.75) is 39.6 Å². The Bertz CT molecular complexity index is 2840. The number of alkyl halides is 3. The molecule has 0 radical (unpaired) electrons. The first-order valence-corrected chi connectivity index (χ1v) is 19.0. The number of nitrogens with zero attached hydrogens (tertiary/aromatic N) is 10. The standard InChI is InChI=1S/C40H34ClF4N11O4/c1-3-29-34(52-15-17-53(18-16-52)37(58)33-35(23(2)46-22-47-33)60-21-24-7-5-4-6-8-24)38(59)56-39(50-36(51-56)26-12-14-55-30(32(26)42)11-13-48-55)54(29)20-31(57)49-28-10-9-25(19-27(28)41)40(43,44)45/h4-14,19,22H,3,15-18,20-21H2,1-2H3,(H,49,57). The number of anilines is 2. The molecular formula is C40H34ClF4N11O4. The highest BCUT2D eigenvalue weighted by Gasteiger charge is 2.33. The second-order valence-corrected chi connectivity index (χ2v) is 14.2. The van der Waals surface area contributed by atoms with E-state index in [1.165, 1.54) is 39.9 Å². The van der Waals surface area contributed by atoms with Crippen molar-refractivity contribution < 1.29 is 31.9 Å². The molecule has 0 unspecified atom stereocenters. The molecule has 2 amide bonds. The number of nitrogens with one attached hydrogen (secondary N) is 1. The Morgan fingerprint density at radius 3 is 2.48 bits per heavy atom. The first-order valence-electron chi connectivity index (χ1n) is 18.7. The number of rotatable bonds is 10. The van der Waals surface area contributed by atoms with E-state index in [0.29, 0.717) is 17.5 Å². The van der Waals surface area contributed by atoms with Gasteiger partial charge in [0.05, 0.1) is 39.4 Å². The number of carbonyl (C=O) groups is 2. The molecule has 7 aromatic rings. The summed E-state index contributed by atoms with van der Waals surface area (Å²) in [6.45, 7) is 3.92. The number of fused-ring (bicyclic) bond motifs is 2. The molecule has 1 saturated heterocycles. The van der Waals surface area contributed by atoms with E-state index in [1.54, 1.807) is 23.6 Å². The van der Waals surface area contributed by atoms with Crippen molar-refractivity contribution in [3.05, 3.63) is 129 Å². The van der Waals surface area contributed by atoms with Gasteiger partial charge in [0, 0.05) is 32.4 Å². The van der Waals surface area contributed by atoms with Gasteiger partial charge in [-0.1, -0.05) is 48.9 Å². The molecule has 2 aromatic carbocycles. The summed E-state index contributed by atoms with van der Waals surface area (Å²) in [6, 6.07) is 14.9. The lowest BCUT2D eigenvalue weighted by Gasteiger charge is -2.36. The highest BCUT2D eigenvalue weighted by atomic mass is 35.5. The molecule has 1 aliphatic rings. The number of aryl methyl sites for hydroxylation is 1. The van der Waals surface area contributed by atoms with Crippen LogP contribution in [0.1, 0.15) is 39.9 Å². The number of pyridine rings is 1. The van der Waals surface area contributed by atoms with Gasteiger partial charge in [-0.25, -0.2) is 18.9 Å². The first-order chi connectivity index (χ1) is 28.8. The lowest BCUT2D eigenvalue weighted by molar-refractivity contribution is -0.137. The number of halogens is 5. The van der Waals surface area contributed by atoms with Crippen LogP contribution in [-0.2, 0) is 30.5 Å². The maximum Gasteiger partial charge on any atom is 0.416 e. The van der Waals surface area contributed by atoms with Crippen LogP contribution in [0.2, 0.25) is 5.02 Å². The predicted molar refractivity (Wildman–Crippen MR) is 212 cm³/mol. The average Bonchev–Trinajstić information content (AvgIpc) is 3.91. The maximum absolute atomic E-state index is 15.8. The molecule has 60 heavy (non-hydrogen) atoms. The minimum atomic E-state index is -4.65. The Balaban J connectivity index is 1.12. The Labute approximate surface area is 342 Å². The third kappa shape index (κ3) is 7.58. The van der Waals surface area contributed by atoms with Gasteiger partial charge in [-0.15, -0.1) is 5.10 Å². The van der Waals surface area contributed by atoms with Crippen LogP contribution in [0.15, 0.2) is 84.2 Å². The van der Waals surface area contributed by atoms with Crippen molar-refractivity contribution in [1.82, 2.24) is 43.6 Å². The van der Waals surface area contributed by atoms with Crippen LogP contribution in [-0.4, -0.2) is 81.6 Å². The molecule has 0 saturated carbocycles. The fraction of sp³-hybridized carbons (Fsp3) is 0.250. The highest BCUT2D eigenvalue weighted by Crippen LogP contribution is 2.34. The van der Waals surface area contributed by atoms with E-state index < -0.39 is 35.6 Å². The largest absolute Gasteiger partial charge is 0.485 e. The second-order valence-electron chi connectivity index (χ2n) is 13.8. The van der Waals surface area contributed by atoms with Crippen LogP contribution in [0, 0.1) is 12.7 Å². The zero-order valence-corrected chi connectivity index (χ0v) is 32.7. The van der Waals surface area contributed by atoms with Crippen LogP contribution in [0.5, 0.6) is 5.75 Å². The molecule has 15 nitrogen and oxygen atoms in total. The van der Waals surface area contributed by atoms with Gasteiger partial charge < -0.3 is 24.4 Å². The summed E-state index contributed by atoms with van der Waals surface area (Å²) in [5.74, 6) is -1.76. The molecule has 0 spiro atoms. The summed E-state index contributed by atoms with van der Waals surface area (Å²) < 4.78 is 65.5. The van der Waals surface area contributed by atoms with Gasteiger partial charge in [0.2, 0.25) is 11.7 Å². The van der Waals surface area contributed by atoms with Crippen molar-refractivity contribution >= 4 is 46.1 Å². The minimum absolute atomic E-state index is 0.0301. The van der Waals surface area contributed by atoms with Gasteiger partial charge in [-0.05, 0) is 49.2 Å². The maximum atomic E-state index is 15.8. The summed E-state index contributed by atoms with van der Waals surface area (Å²) in [4.78, 5) is 58.5. The number of benzene rings is 2. The zero-order valence-electron chi connectivity index (χ0n) is 32.0. The van der Waals surface area contributed by atoms with Crippen molar-refractivity contribution in [2.24, 2.45) is 0 Å². The molecule has 6 heterocycles. The van der Waals surface area contributed by atoms with E-state index in [1.807, 2.05) is 30.3 Å². The number of carbonyl (C=O) groups excluding carboxylic acids is 2. The summed E-state index contributed by atoms with van der Waals surface area (Å²) in [5.41, 5.74) is 0.474. The number of ether oxygens (including phenoxy) is 1. The van der Waals surface area contributed by atoms with E-state index in [2.05, 4.69) is 30.5 Å². The van der Waals surface area contributed by atoms with Crippen LogP contribution >= 0.6 is 11.6 Å². The van der Waals surface area contributed by atoms with Gasteiger partial charge in [0.15, 0.2) is 23.1 Å². The summed E-state index contributed by atoms with van der Waals surface area (Å²) in [6.07, 6.45) is -0.216. The summed E-state index contributed by atoms with van der Waals surface area (Å²) in [7, 11) is 0.